The van der Waals surface area contributed by atoms with E-state index in [9.17, 15) is 9.59 Å². The Kier molecular flexibility index (Phi) is 3.59. The van der Waals surface area contributed by atoms with Crippen molar-refractivity contribution in [3.05, 3.63) is 0 Å². The molecule has 0 aromatic carbocycles. The van der Waals surface area contributed by atoms with Gasteiger partial charge in [0.1, 0.15) is 11.9 Å². The molecule has 68 valence electrons. The summed E-state index contributed by atoms with van der Waals surface area (Å²) >= 11 is 3.97. The largest absolute Gasteiger partial charge is 0.464 e. The minimum Gasteiger partial charge on any atom is -0.464 e. The second kappa shape index (κ2) is 4.50. The summed E-state index contributed by atoms with van der Waals surface area (Å²) in [6.07, 6.45) is 1.99. The lowest BCUT2D eigenvalue weighted by atomic mass is 9.78. The van der Waals surface area contributed by atoms with Crippen molar-refractivity contribution < 1.29 is 14.3 Å². The molecule has 0 amide bonds. The number of ether oxygens (including phenoxy) is 1. The molecule has 2 atom stereocenters. The summed E-state index contributed by atoms with van der Waals surface area (Å²) < 4.78 is 4.73. The maximum atomic E-state index is 11.3. The highest BCUT2D eigenvalue weighted by atomic mass is 32.1. The van der Waals surface area contributed by atoms with Crippen molar-refractivity contribution in [1.29, 1.82) is 0 Å². The monoisotopic (exact) mass is 188 g/mol. The molecule has 0 bridgehead atoms. The van der Waals surface area contributed by atoms with Gasteiger partial charge in [0.15, 0.2) is 0 Å². The average molecular weight is 188 g/mol. The number of hydrogen-bond donors (Lipinski definition) is 1. The van der Waals surface area contributed by atoms with Gasteiger partial charge in [0.25, 0.3) is 6.47 Å². The highest BCUT2D eigenvalue weighted by Gasteiger charge is 2.37. The van der Waals surface area contributed by atoms with E-state index in [0.717, 1.165) is 12.8 Å². The number of carbonyl (C=O) groups excluding carboxylic acids is 2. The van der Waals surface area contributed by atoms with Crippen LogP contribution in [-0.4, -0.2) is 24.1 Å². The summed E-state index contributed by atoms with van der Waals surface area (Å²) in [4.78, 5) is 21.3. The van der Waals surface area contributed by atoms with Gasteiger partial charge in [0, 0.05) is 6.42 Å². The Bertz CT molecular complexity index is 181. The van der Waals surface area contributed by atoms with Gasteiger partial charge < -0.3 is 4.74 Å². The number of rotatable bonds is 5. The Labute approximate surface area is 76.9 Å². The summed E-state index contributed by atoms with van der Waals surface area (Å²) in [6.45, 7) is 0.421. The molecule has 0 aromatic rings. The molecule has 1 saturated carbocycles. The van der Waals surface area contributed by atoms with E-state index in [2.05, 4.69) is 12.6 Å². The summed E-state index contributed by atoms with van der Waals surface area (Å²) in [5.74, 6) is 0.689. The Hall–Kier alpha value is -0.510. The Morgan fingerprint density at radius 3 is 2.75 bits per heavy atom. The van der Waals surface area contributed by atoms with Crippen molar-refractivity contribution in [2.24, 2.45) is 5.92 Å². The molecular weight excluding hydrogens is 176 g/mol. The lowest BCUT2D eigenvalue weighted by Crippen LogP contribution is -2.39. The van der Waals surface area contributed by atoms with Gasteiger partial charge in [0.2, 0.25) is 0 Å². The van der Waals surface area contributed by atoms with Crippen molar-refractivity contribution in [1.82, 2.24) is 0 Å². The maximum Gasteiger partial charge on any atom is 0.293 e. The van der Waals surface area contributed by atoms with Gasteiger partial charge in [-0.1, -0.05) is 0 Å². The predicted molar refractivity (Wildman–Crippen MR) is 47.1 cm³/mol. The predicted octanol–water partition coefficient (Wildman–Crippen LogP) is 0.827. The first-order chi connectivity index (χ1) is 5.79. The van der Waals surface area contributed by atoms with E-state index in [1.165, 1.54) is 0 Å². The first-order valence-corrected chi connectivity index (χ1v) is 4.65. The maximum absolute atomic E-state index is 11.3. The average Bonchev–Trinajstić information content (AvgIpc) is 1.98. The molecule has 1 fully saturated rings. The van der Waals surface area contributed by atoms with Crippen LogP contribution in [0, 0.1) is 5.92 Å². The highest BCUT2D eigenvalue weighted by molar-refractivity contribution is 7.80. The van der Waals surface area contributed by atoms with Gasteiger partial charge in [-0.15, -0.1) is 0 Å². The SMILES string of the molecule is O=COC1CCC1C(=O)CCS. The molecular formula is C8H12O3S. The first kappa shape index (κ1) is 9.58. The standard InChI is InChI=1S/C8H12O3S/c9-5-11-8-2-1-6(8)7(10)3-4-12/h5-6,8,12H,1-4H2. The normalized spacial score (nSPS) is 27.4. The molecule has 12 heavy (non-hydrogen) atoms. The van der Waals surface area contributed by atoms with E-state index in [1.807, 2.05) is 0 Å². The van der Waals surface area contributed by atoms with Gasteiger partial charge in [0.05, 0.1) is 5.92 Å². The molecule has 1 aliphatic rings. The first-order valence-electron chi connectivity index (χ1n) is 4.02. The highest BCUT2D eigenvalue weighted by Crippen LogP contribution is 2.31. The summed E-state index contributed by atoms with van der Waals surface area (Å²) in [5.41, 5.74) is 0. The summed E-state index contributed by atoms with van der Waals surface area (Å²) in [5, 5.41) is 0. The molecule has 1 rings (SSSR count). The molecule has 0 heterocycles. The van der Waals surface area contributed by atoms with Crippen LogP contribution in [0.2, 0.25) is 0 Å². The van der Waals surface area contributed by atoms with Gasteiger partial charge in [-0.2, -0.15) is 12.6 Å². The van der Waals surface area contributed by atoms with Crippen LogP contribution in [0.15, 0.2) is 0 Å². The van der Waals surface area contributed by atoms with Crippen molar-refractivity contribution in [2.75, 3.05) is 5.75 Å². The van der Waals surface area contributed by atoms with Gasteiger partial charge >= 0.3 is 0 Å². The third-order valence-electron chi connectivity index (χ3n) is 2.21. The fraction of sp³-hybridized carbons (Fsp3) is 0.750. The molecule has 2 unspecified atom stereocenters. The fourth-order valence-corrected chi connectivity index (χ4v) is 1.59. The Morgan fingerprint density at radius 2 is 2.33 bits per heavy atom. The van der Waals surface area contributed by atoms with Gasteiger partial charge in [-0.3, -0.25) is 9.59 Å². The molecule has 0 saturated heterocycles. The second-order valence-corrected chi connectivity index (χ2v) is 3.34. The van der Waals surface area contributed by atoms with Crippen molar-refractivity contribution in [3.8, 4) is 0 Å². The van der Waals surface area contributed by atoms with E-state index < -0.39 is 0 Å². The molecule has 0 aliphatic heterocycles. The zero-order valence-corrected chi connectivity index (χ0v) is 7.63. The zero-order valence-electron chi connectivity index (χ0n) is 6.73. The molecule has 3 nitrogen and oxygen atoms in total. The Morgan fingerprint density at radius 1 is 1.58 bits per heavy atom. The molecule has 0 aromatic heterocycles. The van der Waals surface area contributed by atoms with Crippen molar-refractivity contribution in [3.63, 3.8) is 0 Å². The van der Waals surface area contributed by atoms with Gasteiger partial charge in [-0.05, 0) is 18.6 Å². The molecule has 0 N–H and O–H groups in total. The minimum absolute atomic E-state index is 0.0534. The second-order valence-electron chi connectivity index (χ2n) is 2.89. The molecule has 0 radical (unpaired) electrons. The van der Waals surface area contributed by atoms with E-state index >= 15 is 0 Å². The topological polar surface area (TPSA) is 43.4 Å². The van der Waals surface area contributed by atoms with Crippen LogP contribution in [0.1, 0.15) is 19.3 Å². The quantitative estimate of drug-likeness (QED) is 0.513. The summed E-state index contributed by atoms with van der Waals surface area (Å²) in [6, 6.07) is 0. The van der Waals surface area contributed by atoms with Crippen molar-refractivity contribution in [2.45, 2.75) is 25.4 Å². The van der Waals surface area contributed by atoms with Crippen LogP contribution in [0.25, 0.3) is 0 Å². The smallest absolute Gasteiger partial charge is 0.293 e. The molecule has 0 spiro atoms. The third-order valence-corrected chi connectivity index (χ3v) is 2.44. The number of ketones is 1. The summed E-state index contributed by atoms with van der Waals surface area (Å²) in [7, 11) is 0. The number of hydrogen-bond acceptors (Lipinski definition) is 4. The van der Waals surface area contributed by atoms with Crippen LogP contribution < -0.4 is 0 Å². The molecule has 1 aliphatic carbocycles. The van der Waals surface area contributed by atoms with E-state index in [0.29, 0.717) is 18.6 Å². The van der Waals surface area contributed by atoms with E-state index in [1.54, 1.807) is 0 Å². The number of carbonyl (C=O) groups is 2. The lowest BCUT2D eigenvalue weighted by Gasteiger charge is -2.33. The van der Waals surface area contributed by atoms with Crippen LogP contribution in [0.3, 0.4) is 0 Å². The third kappa shape index (κ3) is 2.00. The lowest BCUT2D eigenvalue weighted by molar-refractivity contribution is -0.148. The minimum atomic E-state index is -0.158. The van der Waals surface area contributed by atoms with Crippen LogP contribution in [0.4, 0.5) is 0 Å². The van der Waals surface area contributed by atoms with Crippen LogP contribution in [-0.2, 0) is 14.3 Å². The molecule has 4 heteroatoms. The number of thiol groups is 1. The van der Waals surface area contributed by atoms with Gasteiger partial charge in [-0.25, -0.2) is 0 Å². The van der Waals surface area contributed by atoms with Crippen LogP contribution >= 0.6 is 12.6 Å². The zero-order chi connectivity index (χ0) is 8.97. The Balaban J connectivity index is 2.32. The van der Waals surface area contributed by atoms with Crippen molar-refractivity contribution >= 4 is 24.9 Å². The van der Waals surface area contributed by atoms with E-state index in [4.69, 9.17) is 4.74 Å². The fourth-order valence-electron chi connectivity index (χ4n) is 1.37. The number of Topliss-reactive ketones (excluding diaryl/α,β-unsaturated/α-hetero) is 1. The van der Waals surface area contributed by atoms with E-state index in [-0.39, 0.29) is 17.8 Å². The van der Waals surface area contributed by atoms with Crippen LogP contribution in [0.5, 0.6) is 0 Å².